The van der Waals surface area contributed by atoms with Gasteiger partial charge in [0.2, 0.25) is 11.8 Å². The van der Waals surface area contributed by atoms with Crippen molar-refractivity contribution in [1.29, 1.82) is 0 Å². The fourth-order valence-electron chi connectivity index (χ4n) is 4.57. The average Bonchev–Trinajstić information content (AvgIpc) is 3.03. The summed E-state index contributed by atoms with van der Waals surface area (Å²) in [6, 6.07) is 12.1. The maximum absolute atomic E-state index is 13.3. The largest absolute Gasteiger partial charge is 0.493 e. The van der Waals surface area contributed by atoms with Gasteiger partial charge in [0.25, 0.3) is 0 Å². The third-order valence-corrected chi connectivity index (χ3v) is 6.87. The number of aryl methyl sites for hydroxylation is 1. The molecule has 0 spiro atoms. The van der Waals surface area contributed by atoms with Gasteiger partial charge >= 0.3 is 18.4 Å². The van der Waals surface area contributed by atoms with Crippen molar-refractivity contribution in [3.8, 4) is 17.4 Å². The van der Waals surface area contributed by atoms with E-state index in [0.29, 0.717) is 36.8 Å². The molecule has 0 bridgehead atoms. The van der Waals surface area contributed by atoms with Crippen LogP contribution in [0.3, 0.4) is 0 Å². The zero-order valence-electron chi connectivity index (χ0n) is 24.9. The molecule has 0 aliphatic carbocycles. The lowest BCUT2D eigenvalue weighted by molar-refractivity contribution is -0.143. The molecule has 3 N–H and O–H groups in total. The number of carbonyl (C=O) groups is 1. The van der Waals surface area contributed by atoms with Crippen LogP contribution >= 0.6 is 0 Å². The summed E-state index contributed by atoms with van der Waals surface area (Å²) in [5, 5.41) is 7.38. The van der Waals surface area contributed by atoms with Gasteiger partial charge in [-0.25, -0.2) is 9.78 Å². The Bertz CT molecular complexity index is 1700. The van der Waals surface area contributed by atoms with E-state index in [9.17, 15) is 31.1 Å². The summed E-state index contributed by atoms with van der Waals surface area (Å²) in [6.45, 7) is 4.63. The van der Waals surface area contributed by atoms with Crippen LogP contribution in [-0.4, -0.2) is 49.4 Å². The van der Waals surface area contributed by atoms with Crippen LogP contribution in [0.1, 0.15) is 16.7 Å². The first-order chi connectivity index (χ1) is 22.3. The minimum absolute atomic E-state index is 0.0419. The second-order valence-corrected chi connectivity index (χ2v) is 10.3. The molecule has 1 aliphatic heterocycles. The Kier molecular flexibility index (Phi) is 9.60. The monoisotopic (exact) mass is 662 g/mol. The maximum Gasteiger partial charge on any atom is 0.416 e. The number of morpholine rings is 1. The fourth-order valence-corrected chi connectivity index (χ4v) is 4.57. The molecule has 47 heavy (non-hydrogen) atoms. The molecule has 3 aromatic carbocycles. The molecule has 4 aromatic rings. The molecule has 2 amide bonds. The minimum Gasteiger partial charge on any atom is -0.493 e. The van der Waals surface area contributed by atoms with Gasteiger partial charge in [-0.1, -0.05) is 6.07 Å². The first-order valence-electron chi connectivity index (χ1n) is 14.1. The fraction of sp³-hybridized carbons (Fsp3) is 0.258. The lowest BCUT2D eigenvalue weighted by Crippen LogP contribution is -2.36. The third kappa shape index (κ3) is 8.52. The maximum atomic E-state index is 13.3. The summed E-state index contributed by atoms with van der Waals surface area (Å²) in [4.78, 5) is 23.6. The van der Waals surface area contributed by atoms with Gasteiger partial charge < -0.3 is 35.1 Å². The minimum atomic E-state index is -5.10. The average molecular weight is 663 g/mol. The number of hydrogen-bond acceptors (Lipinski definition) is 8. The molecule has 1 aromatic heterocycles. The Balaban J connectivity index is 1.41. The number of urea groups is 1. The van der Waals surface area contributed by atoms with E-state index in [1.165, 1.54) is 13.3 Å². The summed E-state index contributed by atoms with van der Waals surface area (Å²) >= 11 is 0. The number of methoxy groups -OCH3 is 1. The molecule has 248 valence electrons. The number of anilines is 5. The zero-order chi connectivity index (χ0) is 33.8. The highest BCUT2D eigenvalue weighted by molar-refractivity contribution is 6.00. The number of nitrogens with zero attached hydrogens (tertiary/aromatic N) is 3. The van der Waals surface area contributed by atoms with Gasteiger partial charge in [-0.3, -0.25) is 0 Å². The van der Waals surface area contributed by atoms with Crippen LogP contribution in [0.4, 0.5) is 59.8 Å². The Hall–Kier alpha value is -5.25. The number of benzene rings is 3. The number of nitrogens with one attached hydrogen (secondary N) is 3. The van der Waals surface area contributed by atoms with Crippen molar-refractivity contribution in [2.24, 2.45) is 0 Å². The van der Waals surface area contributed by atoms with Crippen LogP contribution < -0.4 is 30.3 Å². The SMILES string of the molecule is COc1cc(C)ccc1Oc1nc(Nc2ccc(N3CCOCC3)cc2)ncc1NC(=O)Nc1cc(C(F)(F)F)cc(C(F)(F)F)c1. The molecule has 1 saturated heterocycles. The van der Waals surface area contributed by atoms with Crippen LogP contribution in [0.2, 0.25) is 0 Å². The van der Waals surface area contributed by atoms with Crippen LogP contribution in [0.5, 0.6) is 17.4 Å². The number of alkyl halides is 6. The number of rotatable bonds is 8. The summed E-state index contributed by atoms with van der Waals surface area (Å²) in [7, 11) is 1.42. The summed E-state index contributed by atoms with van der Waals surface area (Å²) in [5.41, 5.74) is -1.58. The van der Waals surface area contributed by atoms with Crippen molar-refractivity contribution in [1.82, 2.24) is 9.97 Å². The second kappa shape index (κ2) is 13.6. The normalized spacial score (nSPS) is 13.6. The summed E-state index contributed by atoms with van der Waals surface area (Å²) in [6.07, 6.45) is -9.02. The predicted molar refractivity (Wildman–Crippen MR) is 162 cm³/mol. The molecule has 0 saturated carbocycles. The molecule has 1 aliphatic rings. The van der Waals surface area contributed by atoms with Crippen molar-refractivity contribution in [3.63, 3.8) is 0 Å². The van der Waals surface area contributed by atoms with Crippen molar-refractivity contribution >= 4 is 34.7 Å². The van der Waals surface area contributed by atoms with Crippen molar-refractivity contribution in [3.05, 3.63) is 83.6 Å². The van der Waals surface area contributed by atoms with E-state index in [1.807, 2.05) is 36.5 Å². The van der Waals surface area contributed by atoms with E-state index in [4.69, 9.17) is 14.2 Å². The molecular weight excluding hydrogens is 634 g/mol. The Morgan fingerprint density at radius 2 is 1.51 bits per heavy atom. The van der Waals surface area contributed by atoms with Gasteiger partial charge in [0.05, 0.1) is 37.6 Å². The zero-order valence-corrected chi connectivity index (χ0v) is 24.9. The predicted octanol–water partition coefficient (Wildman–Crippen LogP) is 7.85. The quantitative estimate of drug-likeness (QED) is 0.164. The molecule has 16 heteroatoms. The molecule has 2 heterocycles. The van der Waals surface area contributed by atoms with E-state index in [1.54, 1.807) is 18.2 Å². The van der Waals surface area contributed by atoms with Gasteiger partial charge in [-0.05, 0) is 67.1 Å². The Labute approximate surface area is 264 Å². The van der Waals surface area contributed by atoms with Gasteiger partial charge in [0.1, 0.15) is 5.69 Å². The van der Waals surface area contributed by atoms with Gasteiger partial charge in [0, 0.05) is 30.2 Å². The second-order valence-electron chi connectivity index (χ2n) is 10.3. The van der Waals surface area contributed by atoms with E-state index in [-0.39, 0.29) is 29.3 Å². The van der Waals surface area contributed by atoms with Crippen molar-refractivity contribution in [2.45, 2.75) is 19.3 Å². The Morgan fingerprint density at radius 3 is 2.13 bits per heavy atom. The van der Waals surface area contributed by atoms with Gasteiger partial charge in [-0.2, -0.15) is 31.3 Å². The highest BCUT2D eigenvalue weighted by Crippen LogP contribution is 2.38. The van der Waals surface area contributed by atoms with Crippen molar-refractivity contribution in [2.75, 3.05) is 54.3 Å². The number of amides is 2. The highest BCUT2D eigenvalue weighted by atomic mass is 19.4. The lowest BCUT2D eigenvalue weighted by atomic mass is 10.1. The number of aromatic nitrogens is 2. The van der Waals surface area contributed by atoms with Crippen molar-refractivity contribution < 1.29 is 45.3 Å². The summed E-state index contributed by atoms with van der Waals surface area (Å²) in [5.74, 6) is 0.387. The van der Waals surface area contributed by atoms with Gasteiger partial charge in [0.15, 0.2) is 11.5 Å². The number of ether oxygens (including phenoxy) is 3. The standard InChI is InChI=1S/C31H28F6N6O4/c1-18-3-8-25(26(13-18)45-2)47-27-24(41-29(44)40-22-15-19(30(32,33)34)14-20(16-22)31(35,36)37)17-38-28(42-27)39-21-4-6-23(7-5-21)43-9-11-46-12-10-43/h3-8,13-17H,9-12H2,1-2H3,(H,38,39,42)(H2,40,41,44). The molecule has 5 rings (SSSR count). The third-order valence-electron chi connectivity index (χ3n) is 6.87. The first kappa shape index (κ1) is 33.1. The molecule has 1 fully saturated rings. The van der Waals surface area contributed by atoms with E-state index >= 15 is 0 Å². The molecular formula is C31H28F6N6O4. The topological polar surface area (TPSA) is 110 Å². The van der Waals surface area contributed by atoms with Gasteiger partial charge in [-0.15, -0.1) is 0 Å². The molecule has 0 unspecified atom stereocenters. The molecule has 0 radical (unpaired) electrons. The van der Waals surface area contributed by atoms with Crippen LogP contribution in [0.15, 0.2) is 66.9 Å². The Morgan fingerprint density at radius 1 is 0.851 bits per heavy atom. The van der Waals surface area contributed by atoms with Crippen LogP contribution in [-0.2, 0) is 17.1 Å². The van der Waals surface area contributed by atoms with E-state index < -0.39 is 35.2 Å². The number of hydrogen-bond donors (Lipinski definition) is 3. The molecule has 10 nitrogen and oxygen atoms in total. The van der Waals surface area contributed by atoms with Crippen LogP contribution in [0, 0.1) is 6.92 Å². The molecule has 0 atom stereocenters. The smallest absolute Gasteiger partial charge is 0.416 e. The number of halogens is 6. The summed E-state index contributed by atoms with van der Waals surface area (Å²) < 4.78 is 96.6. The number of carbonyl (C=O) groups excluding carboxylic acids is 1. The lowest BCUT2D eigenvalue weighted by Gasteiger charge is -2.28. The van der Waals surface area contributed by atoms with E-state index in [2.05, 4.69) is 25.5 Å². The van der Waals surface area contributed by atoms with Crippen LogP contribution in [0.25, 0.3) is 0 Å². The first-order valence-corrected chi connectivity index (χ1v) is 14.1. The van der Waals surface area contributed by atoms with E-state index in [0.717, 1.165) is 24.3 Å². The highest BCUT2D eigenvalue weighted by Gasteiger charge is 2.37.